The van der Waals surface area contributed by atoms with Gasteiger partial charge in [0.2, 0.25) is 5.36 Å². The highest BCUT2D eigenvalue weighted by Crippen LogP contribution is 2.66. The molecular formula is C57H65N7O16P3+. The van der Waals surface area contributed by atoms with Crippen molar-refractivity contribution in [2.45, 2.75) is 102 Å². The molecule has 0 bridgehead atoms. The molecule has 0 aliphatic carbocycles. The van der Waals surface area contributed by atoms with Crippen LogP contribution in [0.15, 0.2) is 67.7 Å². The van der Waals surface area contributed by atoms with E-state index in [0.29, 0.717) is 40.6 Å². The number of phosphoric acid groups is 3. The molecular weight excluding hydrogens is 1130 g/mol. The van der Waals surface area contributed by atoms with Gasteiger partial charge in [-0.05, 0) is 98.8 Å². The van der Waals surface area contributed by atoms with Gasteiger partial charge in [0.25, 0.3) is 0 Å². The maximum absolute atomic E-state index is 14.1. The second-order valence-electron chi connectivity index (χ2n) is 21.5. The molecule has 6 aliphatic rings. The van der Waals surface area contributed by atoms with Crippen LogP contribution in [0.1, 0.15) is 112 Å². The van der Waals surface area contributed by atoms with E-state index in [2.05, 4.69) is 89.6 Å². The van der Waals surface area contributed by atoms with Gasteiger partial charge in [-0.15, -0.1) is 6.58 Å². The number of anilines is 2. The van der Waals surface area contributed by atoms with Crippen LogP contribution in [0.25, 0.3) is 16.6 Å². The summed E-state index contributed by atoms with van der Waals surface area (Å²) >= 11 is 0. The predicted molar refractivity (Wildman–Crippen MR) is 305 cm³/mol. The SMILES string of the molecule is C=CCOC1C[C@H](n2cc(C#CCNC(=O)OCC(=C)CCCC(=O)c3ccc(C)c(C4=c5cc6c7c(c5Oc5c4cc4c8c5CCCN8CCC4)CCC[N+]=7CCC6)c3)c3c(N)ncnc32)O[C@@H]1COP(=O)(O)OP(=O)(O)OP(=O)(O)O. The van der Waals surface area contributed by atoms with Crippen molar-refractivity contribution in [2.75, 3.05) is 63.2 Å². The predicted octanol–water partition coefficient (Wildman–Crippen LogP) is 6.65. The summed E-state index contributed by atoms with van der Waals surface area (Å²) in [6, 6.07) is 10.9. The Labute approximate surface area is 478 Å². The summed E-state index contributed by atoms with van der Waals surface area (Å²) < 4.78 is 76.7. The van der Waals surface area contributed by atoms with Crippen LogP contribution in [-0.2, 0) is 66.7 Å². The molecule has 1 saturated heterocycles. The summed E-state index contributed by atoms with van der Waals surface area (Å²) in [6.45, 7) is 13.2. The minimum atomic E-state index is -5.76. The number of benzene rings is 3. The number of fused-ring (bicyclic) bond motifs is 5. The lowest BCUT2D eigenvalue weighted by Gasteiger charge is -2.39. The fourth-order valence-electron chi connectivity index (χ4n) is 12.3. The van der Waals surface area contributed by atoms with Gasteiger partial charge in [0.1, 0.15) is 61.3 Å². The van der Waals surface area contributed by atoms with Crippen molar-refractivity contribution >= 4 is 63.5 Å². The second kappa shape index (κ2) is 24.0. The Hall–Kier alpha value is -6.34. The van der Waals surface area contributed by atoms with Gasteiger partial charge >= 0.3 is 29.6 Å². The molecule has 11 rings (SSSR count). The van der Waals surface area contributed by atoms with E-state index in [1.165, 1.54) is 45.7 Å². The van der Waals surface area contributed by atoms with E-state index < -0.39 is 54.6 Å². The average Bonchev–Trinajstić information content (AvgIpc) is 1.80. The maximum atomic E-state index is 14.1. The van der Waals surface area contributed by atoms with E-state index in [-0.39, 0.29) is 44.2 Å². The lowest BCUT2D eigenvalue weighted by Crippen LogP contribution is -2.45. The first-order valence-corrected chi connectivity index (χ1v) is 32.2. The maximum Gasteiger partial charge on any atom is 0.490 e. The fraction of sp³-hybridized carbons (Fsp3) is 0.421. The summed E-state index contributed by atoms with van der Waals surface area (Å²) in [5.74, 6) is 7.90. The molecule has 83 heavy (non-hydrogen) atoms. The van der Waals surface area contributed by atoms with Crippen LogP contribution in [0, 0.1) is 18.8 Å². The Morgan fingerprint density at radius 2 is 1.71 bits per heavy atom. The van der Waals surface area contributed by atoms with Crippen LogP contribution < -0.4 is 35.8 Å². The van der Waals surface area contributed by atoms with Gasteiger partial charge in [-0.25, -0.2) is 33.0 Å². The molecule has 0 saturated carbocycles. The number of nitrogens with zero attached hydrogens (tertiary/aromatic N) is 5. The molecule has 0 spiro atoms. The summed E-state index contributed by atoms with van der Waals surface area (Å²) in [5.41, 5.74) is 19.4. The Bertz CT molecular complexity index is 3840. The Morgan fingerprint density at radius 3 is 2.51 bits per heavy atom. The molecule has 3 aromatic carbocycles. The number of hydrogen-bond donors (Lipinski definition) is 6. The normalized spacial score (nSPS) is 20.1. The standard InChI is InChI=1S/C57H64N7O16P3/c1-4-25-74-46-29-48(77-47(46)32-76-82(70,71)80-83(72,73)79-81(67,68)69)64-30-39(49-55(58)60-33-61-56(49)64)12-6-20-59-57(66)75-31-34(2)11-5-17-45(65)36-19-18-35(3)42(26-36)50-43-27-37-13-7-21-62-23-9-15-40(51(37)62)53(43)78-54-41-16-10-24-63-22-8-14-38(52(41)63)28-44(50)54/h4,18-19,26-28,30,33,46-48H,1-2,5,7-11,13-17,20-25,29,31-32H2,3H3,(H6-,58,59,60,61,66,67,68,69,70,71,72,73)/p+1/t46?,47-,48-/m1/s1. The highest BCUT2D eigenvalue weighted by Gasteiger charge is 2.44. The second-order valence-corrected chi connectivity index (χ2v) is 25.9. The summed E-state index contributed by atoms with van der Waals surface area (Å²) in [6.07, 6.45) is 10.4. The van der Waals surface area contributed by atoms with Crippen molar-refractivity contribution in [3.8, 4) is 23.3 Å². The molecule has 7 N–H and O–H groups in total. The van der Waals surface area contributed by atoms with Crippen molar-refractivity contribution in [1.29, 1.82) is 0 Å². The zero-order chi connectivity index (χ0) is 58.4. The monoisotopic (exact) mass is 1200 g/mol. The number of aromatic nitrogens is 3. The van der Waals surface area contributed by atoms with Crippen LogP contribution in [0.5, 0.6) is 11.5 Å². The zero-order valence-corrected chi connectivity index (χ0v) is 48.4. The largest absolute Gasteiger partial charge is 0.490 e. The van der Waals surface area contributed by atoms with Crippen LogP contribution in [0.3, 0.4) is 0 Å². The summed E-state index contributed by atoms with van der Waals surface area (Å²) in [7, 11) is -16.8. The number of rotatable bonds is 20. The van der Waals surface area contributed by atoms with Gasteiger partial charge in [-0.1, -0.05) is 36.6 Å². The number of carbonyl (C=O) groups is 2. The lowest BCUT2D eigenvalue weighted by molar-refractivity contribution is -0.0549. The first-order valence-electron chi connectivity index (χ1n) is 27.7. The molecule has 0 radical (unpaired) electrons. The van der Waals surface area contributed by atoms with E-state index >= 15 is 0 Å². The molecule has 6 aliphatic heterocycles. The molecule has 5 aromatic rings. The minimum Gasteiger partial charge on any atom is -0.455 e. The van der Waals surface area contributed by atoms with Crippen molar-refractivity contribution in [2.24, 2.45) is 0 Å². The number of aryl methyl sites for hydroxylation is 3. The van der Waals surface area contributed by atoms with Crippen LogP contribution in [0.2, 0.25) is 0 Å². The van der Waals surface area contributed by atoms with Crippen molar-refractivity contribution in [3.05, 3.63) is 128 Å². The quantitative estimate of drug-likeness (QED) is 0.0153. The number of ketones is 1. The van der Waals surface area contributed by atoms with E-state index in [1.54, 1.807) is 10.8 Å². The highest BCUT2D eigenvalue weighted by atomic mass is 31.3. The van der Waals surface area contributed by atoms with Gasteiger partial charge in [0, 0.05) is 83.7 Å². The number of nitrogens with one attached hydrogen (secondary N) is 1. The highest BCUT2D eigenvalue weighted by molar-refractivity contribution is 7.66. The molecule has 1 amide bonds. The van der Waals surface area contributed by atoms with Crippen molar-refractivity contribution < 1.29 is 75.0 Å². The van der Waals surface area contributed by atoms with Gasteiger partial charge in [-0.3, -0.25) is 9.32 Å². The van der Waals surface area contributed by atoms with Gasteiger partial charge in [0.15, 0.2) is 5.78 Å². The summed E-state index contributed by atoms with van der Waals surface area (Å²) in [5, 5.41) is 5.45. The topological polar surface area (TPSA) is 306 Å². The molecule has 26 heteroatoms. The number of hydrogen-bond acceptors (Lipinski definition) is 16. The van der Waals surface area contributed by atoms with Crippen LogP contribution >= 0.6 is 23.5 Å². The average molecular weight is 1200 g/mol. The summed E-state index contributed by atoms with van der Waals surface area (Å²) in [4.78, 5) is 75.3. The fourth-order valence-corrected chi connectivity index (χ4v) is 15.4. The molecule has 5 atom stereocenters. The molecule has 1 fully saturated rings. The number of Topliss-reactive ketones (excluding diaryl/α,β-unsaturated/α-hetero) is 1. The van der Waals surface area contributed by atoms with E-state index in [9.17, 15) is 33.1 Å². The van der Waals surface area contributed by atoms with E-state index in [4.69, 9.17) is 39.0 Å². The van der Waals surface area contributed by atoms with Crippen molar-refractivity contribution in [1.82, 2.24) is 24.4 Å². The molecule has 8 heterocycles. The first kappa shape index (κ1) is 58.4. The molecule has 23 nitrogen and oxygen atoms in total. The number of phosphoric ester groups is 1. The third kappa shape index (κ3) is 12.6. The number of nitrogens with two attached hydrogens (primary N) is 1. The Kier molecular flexibility index (Phi) is 16.9. The van der Waals surface area contributed by atoms with Crippen LogP contribution in [-0.4, -0.2) is 111 Å². The minimum absolute atomic E-state index is 0.0163. The Balaban J connectivity index is 0.719. The van der Waals surface area contributed by atoms with Crippen molar-refractivity contribution in [3.63, 3.8) is 0 Å². The number of amides is 1. The number of carbonyl (C=O) groups excluding carboxylic acids is 2. The third-order valence-electron chi connectivity index (χ3n) is 15.8. The van der Waals surface area contributed by atoms with Gasteiger partial charge in [0.05, 0.1) is 42.4 Å². The Morgan fingerprint density at radius 1 is 0.940 bits per heavy atom. The van der Waals surface area contributed by atoms with Crippen LogP contribution in [0.4, 0.5) is 16.3 Å². The first-order chi connectivity index (χ1) is 39.7. The lowest BCUT2D eigenvalue weighted by atomic mass is 9.81. The smallest absolute Gasteiger partial charge is 0.455 e. The number of nitrogen functional groups attached to an aromatic ring is 1. The number of alkyl carbamates (subject to hydrolysis) is 1. The van der Waals surface area contributed by atoms with Gasteiger partial charge in [-0.2, -0.15) is 8.62 Å². The molecule has 438 valence electrons. The number of ether oxygens (including phenoxy) is 4. The van der Waals surface area contributed by atoms with E-state index in [1.807, 2.05) is 6.07 Å². The van der Waals surface area contributed by atoms with E-state index in [0.717, 1.165) is 117 Å². The molecule has 2 aromatic heterocycles. The third-order valence-corrected chi connectivity index (χ3v) is 19.6. The van der Waals surface area contributed by atoms with Gasteiger partial charge < -0.3 is 59.0 Å². The molecule has 3 unspecified atom stereocenters. The zero-order valence-electron chi connectivity index (χ0n) is 45.8.